The molecule has 0 saturated carbocycles. The van der Waals surface area contributed by atoms with Gasteiger partial charge in [-0.25, -0.2) is 4.98 Å². The molecule has 68 valence electrons. The minimum atomic E-state index is 0.0482. The topological polar surface area (TPSA) is 27.1 Å². The van der Waals surface area contributed by atoms with Gasteiger partial charge in [0.05, 0.1) is 13.4 Å². The zero-order valence-electron chi connectivity index (χ0n) is 8.38. The maximum Gasteiger partial charge on any atom is 0.217 e. The Morgan fingerprint density at radius 1 is 1.42 bits per heavy atom. The molecule has 3 nitrogen and oxygen atoms in total. The Morgan fingerprint density at radius 3 is 2.33 bits per heavy atom. The van der Waals surface area contributed by atoms with Gasteiger partial charge in [0.2, 0.25) is 5.88 Å². The summed E-state index contributed by atoms with van der Waals surface area (Å²) >= 11 is 0. The summed E-state index contributed by atoms with van der Waals surface area (Å²) in [7, 11) is 3.60. The summed E-state index contributed by atoms with van der Waals surface area (Å²) in [5, 5.41) is 0. The molecule has 0 aliphatic rings. The average molecular weight is 168 g/mol. The molecule has 0 bridgehead atoms. The Bertz CT molecular complexity index is 271. The smallest absolute Gasteiger partial charge is 0.217 e. The molecule has 1 heterocycles. The van der Waals surface area contributed by atoms with Crippen molar-refractivity contribution in [1.29, 1.82) is 0 Å². The SMILES string of the molecule is COc1c(C(C)(C)C)ncn1C. The second-order valence-corrected chi connectivity index (χ2v) is 3.96. The number of ether oxygens (including phenoxy) is 1. The molecule has 1 rings (SSSR count). The summed E-state index contributed by atoms with van der Waals surface area (Å²) < 4.78 is 7.13. The molecule has 0 unspecified atom stereocenters. The zero-order valence-corrected chi connectivity index (χ0v) is 8.38. The normalized spacial score (nSPS) is 11.8. The van der Waals surface area contributed by atoms with Gasteiger partial charge in [-0.3, -0.25) is 0 Å². The van der Waals surface area contributed by atoms with E-state index >= 15 is 0 Å². The van der Waals surface area contributed by atoms with Crippen LogP contribution in [0.4, 0.5) is 0 Å². The van der Waals surface area contributed by atoms with Crippen LogP contribution in [0, 0.1) is 0 Å². The van der Waals surface area contributed by atoms with Crippen molar-refractivity contribution in [3.8, 4) is 5.88 Å². The van der Waals surface area contributed by atoms with Crippen LogP contribution in [0.1, 0.15) is 26.5 Å². The highest BCUT2D eigenvalue weighted by atomic mass is 16.5. The van der Waals surface area contributed by atoms with Crippen molar-refractivity contribution in [2.75, 3.05) is 7.11 Å². The zero-order chi connectivity index (χ0) is 9.35. The molecule has 0 aromatic carbocycles. The van der Waals surface area contributed by atoms with Crippen molar-refractivity contribution in [1.82, 2.24) is 9.55 Å². The van der Waals surface area contributed by atoms with Crippen LogP contribution in [-0.4, -0.2) is 16.7 Å². The van der Waals surface area contributed by atoms with E-state index in [2.05, 4.69) is 25.8 Å². The van der Waals surface area contributed by atoms with Crippen LogP contribution >= 0.6 is 0 Å². The second-order valence-electron chi connectivity index (χ2n) is 3.96. The summed E-state index contributed by atoms with van der Waals surface area (Å²) in [6.07, 6.45) is 1.78. The van der Waals surface area contributed by atoms with Gasteiger partial charge in [-0.1, -0.05) is 20.8 Å². The Labute approximate surface area is 73.4 Å². The number of hydrogen-bond donors (Lipinski definition) is 0. The number of methoxy groups -OCH3 is 1. The standard InChI is InChI=1S/C9H16N2O/c1-9(2,3)7-8(12-5)11(4)6-10-7/h6H,1-5H3. The molecule has 0 aliphatic carbocycles. The van der Waals surface area contributed by atoms with Gasteiger partial charge in [0.15, 0.2) is 0 Å². The van der Waals surface area contributed by atoms with E-state index in [1.807, 2.05) is 11.6 Å². The lowest BCUT2D eigenvalue weighted by Gasteiger charge is -2.17. The van der Waals surface area contributed by atoms with E-state index < -0.39 is 0 Å². The van der Waals surface area contributed by atoms with Crippen LogP contribution in [0.3, 0.4) is 0 Å². The molecule has 0 saturated heterocycles. The summed E-state index contributed by atoms with van der Waals surface area (Å²) in [6.45, 7) is 6.37. The number of nitrogens with zero attached hydrogens (tertiary/aromatic N) is 2. The first-order valence-electron chi connectivity index (χ1n) is 4.02. The maximum absolute atomic E-state index is 5.24. The van der Waals surface area contributed by atoms with E-state index in [0.29, 0.717) is 0 Å². The lowest BCUT2D eigenvalue weighted by Crippen LogP contribution is -2.13. The minimum Gasteiger partial charge on any atom is -0.481 e. The Balaban J connectivity index is 3.16. The Kier molecular flexibility index (Phi) is 2.13. The van der Waals surface area contributed by atoms with Gasteiger partial charge in [-0.15, -0.1) is 0 Å². The van der Waals surface area contributed by atoms with E-state index in [4.69, 9.17) is 4.74 Å². The highest BCUT2D eigenvalue weighted by Gasteiger charge is 2.22. The van der Waals surface area contributed by atoms with Gasteiger partial charge in [-0.2, -0.15) is 0 Å². The van der Waals surface area contributed by atoms with E-state index in [-0.39, 0.29) is 5.41 Å². The van der Waals surface area contributed by atoms with Gasteiger partial charge in [0.1, 0.15) is 5.69 Å². The fourth-order valence-electron chi connectivity index (χ4n) is 1.17. The molecule has 0 aliphatic heterocycles. The summed E-state index contributed by atoms with van der Waals surface area (Å²) in [4.78, 5) is 4.30. The summed E-state index contributed by atoms with van der Waals surface area (Å²) in [6, 6.07) is 0. The van der Waals surface area contributed by atoms with Crippen LogP contribution in [0.25, 0.3) is 0 Å². The van der Waals surface area contributed by atoms with Crippen molar-refractivity contribution >= 4 is 0 Å². The highest BCUT2D eigenvalue weighted by molar-refractivity contribution is 5.26. The molecule has 0 N–H and O–H groups in total. The van der Waals surface area contributed by atoms with Crippen LogP contribution in [0.15, 0.2) is 6.33 Å². The largest absolute Gasteiger partial charge is 0.481 e. The number of hydrogen-bond acceptors (Lipinski definition) is 2. The third-order valence-corrected chi connectivity index (χ3v) is 1.79. The first kappa shape index (κ1) is 9.10. The first-order valence-corrected chi connectivity index (χ1v) is 4.02. The average Bonchev–Trinajstić information content (AvgIpc) is 2.29. The van der Waals surface area contributed by atoms with Crippen molar-refractivity contribution in [2.24, 2.45) is 7.05 Å². The molecule has 0 fully saturated rings. The van der Waals surface area contributed by atoms with E-state index in [0.717, 1.165) is 11.6 Å². The van der Waals surface area contributed by atoms with Crippen molar-refractivity contribution in [3.63, 3.8) is 0 Å². The van der Waals surface area contributed by atoms with Crippen LogP contribution in [-0.2, 0) is 12.5 Å². The fraction of sp³-hybridized carbons (Fsp3) is 0.667. The molecule has 0 spiro atoms. The maximum atomic E-state index is 5.24. The highest BCUT2D eigenvalue weighted by Crippen LogP contribution is 2.28. The van der Waals surface area contributed by atoms with Crippen LogP contribution < -0.4 is 4.74 Å². The number of rotatable bonds is 1. The molecule has 0 radical (unpaired) electrons. The Hall–Kier alpha value is -0.990. The lowest BCUT2D eigenvalue weighted by molar-refractivity contribution is 0.366. The van der Waals surface area contributed by atoms with E-state index in [9.17, 15) is 0 Å². The van der Waals surface area contributed by atoms with Crippen molar-refractivity contribution in [3.05, 3.63) is 12.0 Å². The van der Waals surface area contributed by atoms with Gasteiger partial charge < -0.3 is 9.30 Å². The molecule has 0 atom stereocenters. The number of aryl methyl sites for hydroxylation is 1. The Morgan fingerprint density at radius 2 is 2.00 bits per heavy atom. The van der Waals surface area contributed by atoms with Gasteiger partial charge in [0, 0.05) is 12.5 Å². The minimum absolute atomic E-state index is 0.0482. The molecule has 12 heavy (non-hydrogen) atoms. The molecular weight excluding hydrogens is 152 g/mol. The molecule has 0 amide bonds. The number of aromatic nitrogens is 2. The van der Waals surface area contributed by atoms with E-state index in [1.54, 1.807) is 13.4 Å². The number of imidazole rings is 1. The quantitative estimate of drug-likeness (QED) is 0.638. The summed E-state index contributed by atoms with van der Waals surface area (Å²) in [5.74, 6) is 0.850. The second kappa shape index (κ2) is 2.81. The molecule has 1 aromatic rings. The third-order valence-electron chi connectivity index (χ3n) is 1.79. The first-order chi connectivity index (χ1) is 5.46. The van der Waals surface area contributed by atoms with Gasteiger partial charge in [0.25, 0.3) is 0 Å². The monoisotopic (exact) mass is 168 g/mol. The molecule has 3 heteroatoms. The van der Waals surface area contributed by atoms with Crippen LogP contribution in [0.2, 0.25) is 0 Å². The van der Waals surface area contributed by atoms with Crippen molar-refractivity contribution in [2.45, 2.75) is 26.2 Å². The van der Waals surface area contributed by atoms with Crippen LogP contribution in [0.5, 0.6) is 5.88 Å². The molecule has 1 aromatic heterocycles. The van der Waals surface area contributed by atoms with E-state index in [1.165, 1.54) is 0 Å². The third kappa shape index (κ3) is 1.44. The predicted octanol–water partition coefficient (Wildman–Crippen LogP) is 1.73. The predicted molar refractivity (Wildman–Crippen MR) is 48.5 cm³/mol. The fourth-order valence-corrected chi connectivity index (χ4v) is 1.17. The van der Waals surface area contributed by atoms with Gasteiger partial charge in [-0.05, 0) is 0 Å². The van der Waals surface area contributed by atoms with Crippen molar-refractivity contribution < 1.29 is 4.74 Å². The summed E-state index contributed by atoms with van der Waals surface area (Å²) in [5.41, 5.74) is 1.06. The molecular formula is C9H16N2O. The van der Waals surface area contributed by atoms with Gasteiger partial charge >= 0.3 is 0 Å². The lowest BCUT2D eigenvalue weighted by atomic mass is 9.92.